The van der Waals surface area contributed by atoms with Crippen molar-refractivity contribution in [2.75, 3.05) is 13.1 Å². The Bertz CT molecular complexity index is 350. The van der Waals surface area contributed by atoms with Gasteiger partial charge in [-0.2, -0.15) is 0 Å². The van der Waals surface area contributed by atoms with E-state index in [1.54, 1.807) is 0 Å². The lowest BCUT2D eigenvalue weighted by molar-refractivity contribution is -0.127. The van der Waals surface area contributed by atoms with Gasteiger partial charge in [0, 0.05) is 24.7 Å². The molecule has 3 nitrogen and oxygen atoms in total. The van der Waals surface area contributed by atoms with Crippen LogP contribution in [0.15, 0.2) is 24.4 Å². The zero-order chi connectivity index (χ0) is 15.9. The molecule has 1 amide bonds. The summed E-state index contributed by atoms with van der Waals surface area (Å²) < 4.78 is 0. The first-order valence-electron chi connectivity index (χ1n) is 7.41. The highest BCUT2D eigenvalue weighted by atomic mass is 16.1. The van der Waals surface area contributed by atoms with Gasteiger partial charge in [0.1, 0.15) is 0 Å². The van der Waals surface area contributed by atoms with Crippen molar-refractivity contribution in [3.8, 4) is 0 Å². The maximum absolute atomic E-state index is 12.3. The molecule has 0 radical (unpaired) electrons. The van der Waals surface area contributed by atoms with Crippen molar-refractivity contribution in [3.05, 3.63) is 24.4 Å². The van der Waals surface area contributed by atoms with E-state index in [1.807, 2.05) is 6.92 Å². The highest BCUT2D eigenvalue weighted by molar-refractivity contribution is 5.78. The van der Waals surface area contributed by atoms with Crippen LogP contribution in [0, 0.1) is 17.3 Å². The van der Waals surface area contributed by atoms with Crippen LogP contribution in [0.5, 0.6) is 0 Å². The van der Waals surface area contributed by atoms with Crippen molar-refractivity contribution >= 4 is 5.91 Å². The Kier molecular flexibility index (Phi) is 7.62. The average Bonchev–Trinajstić information content (AvgIpc) is 2.29. The van der Waals surface area contributed by atoms with Gasteiger partial charge in [-0.1, -0.05) is 47.8 Å². The van der Waals surface area contributed by atoms with Crippen LogP contribution >= 0.6 is 0 Å². The molecule has 0 bridgehead atoms. The van der Waals surface area contributed by atoms with E-state index in [0.29, 0.717) is 19.0 Å². The molecule has 0 saturated carbocycles. The van der Waals surface area contributed by atoms with Crippen LogP contribution in [-0.2, 0) is 4.79 Å². The third-order valence-corrected chi connectivity index (χ3v) is 3.25. The van der Waals surface area contributed by atoms with Gasteiger partial charge in [-0.05, 0) is 30.3 Å². The quantitative estimate of drug-likeness (QED) is 0.528. The number of hydrogen-bond acceptors (Lipinski definition) is 2. The van der Waals surface area contributed by atoms with Crippen LogP contribution in [-0.4, -0.2) is 19.0 Å². The summed E-state index contributed by atoms with van der Waals surface area (Å²) in [5, 5.41) is 6.15. The Hall–Kier alpha value is -1.25. The first-order valence-corrected chi connectivity index (χ1v) is 7.41. The summed E-state index contributed by atoms with van der Waals surface area (Å²) in [6.07, 6.45) is 0.905. The van der Waals surface area contributed by atoms with Crippen LogP contribution in [0.4, 0.5) is 0 Å². The summed E-state index contributed by atoms with van der Waals surface area (Å²) in [4.78, 5) is 12.3. The molecule has 0 fully saturated rings. The van der Waals surface area contributed by atoms with E-state index in [2.05, 4.69) is 58.4 Å². The van der Waals surface area contributed by atoms with Gasteiger partial charge in [0.25, 0.3) is 0 Å². The third-order valence-electron chi connectivity index (χ3n) is 3.25. The number of hydrogen-bond donors (Lipinski definition) is 2. The van der Waals surface area contributed by atoms with Crippen LogP contribution in [0.2, 0.25) is 0 Å². The predicted octanol–water partition coefficient (Wildman–Crippen LogP) is 3.49. The topological polar surface area (TPSA) is 41.1 Å². The largest absolute Gasteiger partial charge is 0.384 e. The fraction of sp³-hybridized carbons (Fsp3) is 0.706. The van der Waals surface area contributed by atoms with E-state index < -0.39 is 0 Å². The molecule has 0 heterocycles. The molecule has 0 saturated heterocycles. The summed E-state index contributed by atoms with van der Waals surface area (Å²) in [5.41, 5.74) is 1.91. The van der Waals surface area contributed by atoms with Gasteiger partial charge in [0.15, 0.2) is 0 Å². The lowest BCUT2D eigenvalue weighted by Crippen LogP contribution is -2.39. The molecule has 0 aliphatic heterocycles. The molecule has 20 heavy (non-hydrogen) atoms. The lowest BCUT2D eigenvalue weighted by Gasteiger charge is -2.28. The summed E-state index contributed by atoms with van der Waals surface area (Å²) in [7, 11) is 0. The van der Waals surface area contributed by atoms with Crippen LogP contribution in [0.3, 0.4) is 0 Å². The minimum absolute atomic E-state index is 0.0688. The fourth-order valence-corrected chi connectivity index (χ4v) is 1.97. The van der Waals surface area contributed by atoms with Crippen LogP contribution in [0.25, 0.3) is 0 Å². The minimum atomic E-state index is 0.0688. The van der Waals surface area contributed by atoms with Crippen molar-refractivity contribution < 1.29 is 4.79 Å². The van der Waals surface area contributed by atoms with Crippen LogP contribution < -0.4 is 10.6 Å². The first kappa shape index (κ1) is 18.8. The second-order valence-electron chi connectivity index (χ2n) is 7.09. The second kappa shape index (κ2) is 8.13. The predicted molar refractivity (Wildman–Crippen MR) is 87.4 cm³/mol. The maximum Gasteiger partial charge on any atom is 0.223 e. The highest BCUT2D eigenvalue weighted by Crippen LogP contribution is 2.28. The molecule has 1 unspecified atom stereocenters. The van der Waals surface area contributed by atoms with E-state index >= 15 is 0 Å². The van der Waals surface area contributed by atoms with E-state index in [4.69, 9.17) is 0 Å². The van der Waals surface area contributed by atoms with Gasteiger partial charge >= 0.3 is 0 Å². The van der Waals surface area contributed by atoms with Crippen molar-refractivity contribution in [1.29, 1.82) is 0 Å². The SMILES string of the molecule is C=C(C)C(=C)NCCNC(=O)C(CC(C)(C)C)C(C)C. The molecule has 3 heteroatoms. The van der Waals surface area contributed by atoms with Gasteiger partial charge in [0.2, 0.25) is 5.91 Å². The molecule has 0 aromatic carbocycles. The summed E-state index contributed by atoms with van der Waals surface area (Å²) >= 11 is 0. The molecule has 0 aliphatic carbocycles. The Morgan fingerprint density at radius 2 is 1.60 bits per heavy atom. The van der Waals surface area contributed by atoms with E-state index in [0.717, 1.165) is 17.7 Å². The molecule has 0 aromatic rings. The monoisotopic (exact) mass is 280 g/mol. The number of carbonyl (C=O) groups is 1. The lowest BCUT2D eigenvalue weighted by atomic mass is 9.79. The van der Waals surface area contributed by atoms with Gasteiger partial charge in [-0.3, -0.25) is 4.79 Å². The van der Waals surface area contributed by atoms with Crippen molar-refractivity contribution in [3.63, 3.8) is 0 Å². The Balaban J connectivity index is 4.22. The molecular weight excluding hydrogens is 248 g/mol. The molecule has 0 rings (SSSR count). The first-order chi connectivity index (χ1) is 9.04. The Labute approximate surface area is 124 Å². The van der Waals surface area contributed by atoms with Gasteiger partial charge in [-0.25, -0.2) is 0 Å². The van der Waals surface area contributed by atoms with Gasteiger partial charge in [0.05, 0.1) is 0 Å². The van der Waals surface area contributed by atoms with Crippen molar-refractivity contribution in [2.24, 2.45) is 17.3 Å². The van der Waals surface area contributed by atoms with Crippen molar-refractivity contribution in [1.82, 2.24) is 10.6 Å². The minimum Gasteiger partial charge on any atom is -0.384 e. The Morgan fingerprint density at radius 1 is 1.10 bits per heavy atom. The molecule has 0 spiro atoms. The Morgan fingerprint density at radius 3 is 2.00 bits per heavy atom. The van der Waals surface area contributed by atoms with Gasteiger partial charge < -0.3 is 10.6 Å². The zero-order valence-corrected chi connectivity index (χ0v) is 14.1. The summed E-state index contributed by atoms with van der Waals surface area (Å²) in [5.74, 6) is 0.574. The molecule has 2 N–H and O–H groups in total. The molecule has 0 aliphatic rings. The summed E-state index contributed by atoms with van der Waals surface area (Å²) in [6, 6.07) is 0. The average molecular weight is 280 g/mol. The van der Waals surface area contributed by atoms with E-state index in [1.165, 1.54) is 0 Å². The standard InChI is InChI=1S/C17H32N2O/c1-12(2)14(5)18-9-10-19-16(20)15(13(3)4)11-17(6,7)8/h13,15,18H,1,5,9-11H2,2-4,6-8H3,(H,19,20). The molecule has 116 valence electrons. The highest BCUT2D eigenvalue weighted by Gasteiger charge is 2.27. The zero-order valence-electron chi connectivity index (χ0n) is 14.1. The number of allylic oxidation sites excluding steroid dienone is 1. The number of carbonyl (C=O) groups excluding carboxylic acids is 1. The normalized spacial score (nSPS) is 12.9. The smallest absolute Gasteiger partial charge is 0.223 e. The van der Waals surface area contributed by atoms with E-state index in [-0.39, 0.29) is 17.2 Å². The summed E-state index contributed by atoms with van der Waals surface area (Å²) in [6.45, 7) is 21.6. The number of rotatable bonds is 8. The molecular formula is C17H32N2O. The number of nitrogens with one attached hydrogen (secondary N) is 2. The third kappa shape index (κ3) is 8.03. The molecule has 1 atom stereocenters. The van der Waals surface area contributed by atoms with Gasteiger partial charge in [-0.15, -0.1) is 0 Å². The van der Waals surface area contributed by atoms with Crippen molar-refractivity contribution in [2.45, 2.75) is 48.0 Å². The second-order valence-corrected chi connectivity index (χ2v) is 7.09. The maximum atomic E-state index is 12.3. The number of amides is 1. The van der Waals surface area contributed by atoms with Crippen LogP contribution in [0.1, 0.15) is 48.0 Å². The molecule has 0 aromatic heterocycles. The fourth-order valence-electron chi connectivity index (χ4n) is 1.97. The van der Waals surface area contributed by atoms with E-state index in [9.17, 15) is 4.79 Å².